The van der Waals surface area contributed by atoms with E-state index in [2.05, 4.69) is 10.2 Å². The number of aromatic nitrogens is 1. The van der Waals surface area contributed by atoms with Crippen molar-refractivity contribution in [1.82, 2.24) is 14.8 Å². The van der Waals surface area contributed by atoms with E-state index in [0.717, 1.165) is 56.3 Å². The Morgan fingerprint density at radius 1 is 1.08 bits per heavy atom. The van der Waals surface area contributed by atoms with Gasteiger partial charge in [-0.15, -0.1) is 0 Å². The van der Waals surface area contributed by atoms with Crippen molar-refractivity contribution in [3.8, 4) is 0 Å². The summed E-state index contributed by atoms with van der Waals surface area (Å²) < 4.78 is 1.94. The van der Waals surface area contributed by atoms with Crippen LogP contribution in [0.15, 0.2) is 12.4 Å². The smallest absolute Gasteiger partial charge is 0.253 e. The normalized spacial score (nSPS) is 28.1. The van der Waals surface area contributed by atoms with Crippen molar-refractivity contribution < 1.29 is 9.59 Å². The average molecular weight is 355 g/mol. The molecule has 1 aliphatic heterocycles. The molecule has 4 aliphatic rings. The zero-order valence-corrected chi connectivity index (χ0v) is 15.9. The van der Waals surface area contributed by atoms with E-state index in [9.17, 15) is 9.59 Å². The molecule has 0 bridgehead atoms. The van der Waals surface area contributed by atoms with Crippen molar-refractivity contribution in [2.24, 2.45) is 23.8 Å². The Bertz CT molecular complexity index is 760. The first-order valence-electron chi connectivity index (χ1n) is 10.1. The maximum Gasteiger partial charge on any atom is 0.253 e. The van der Waals surface area contributed by atoms with Gasteiger partial charge in [0.15, 0.2) is 0 Å². The molecule has 3 saturated carbocycles. The Hall–Kier alpha value is -1.78. The SMILES string of the molecule is Cc1cn(C)cc1C(=O)NC1CC2(CCN(C(=O)C3CC34CC4)CC2)C1. The number of amides is 2. The number of carbonyl (C=O) groups excluding carboxylic acids is 2. The molecule has 1 aromatic rings. The van der Waals surface area contributed by atoms with Gasteiger partial charge in [0.05, 0.1) is 5.56 Å². The lowest BCUT2D eigenvalue weighted by Gasteiger charge is -2.52. The molecular formula is C21H29N3O2. The van der Waals surface area contributed by atoms with Crippen molar-refractivity contribution >= 4 is 11.8 Å². The van der Waals surface area contributed by atoms with Gasteiger partial charge in [0, 0.05) is 44.5 Å². The van der Waals surface area contributed by atoms with Gasteiger partial charge in [-0.05, 0) is 68.3 Å². The van der Waals surface area contributed by atoms with Gasteiger partial charge in [-0.2, -0.15) is 0 Å². The minimum atomic E-state index is 0.0547. The number of hydrogen-bond acceptors (Lipinski definition) is 2. The predicted octanol–water partition coefficient (Wildman–Crippen LogP) is 2.63. The number of hydrogen-bond donors (Lipinski definition) is 1. The molecule has 5 rings (SSSR count). The summed E-state index contributed by atoms with van der Waals surface area (Å²) in [6.45, 7) is 3.82. The standard InChI is InChI=1S/C21H29N3O2/c1-14-12-23(2)13-16(14)18(25)22-15-9-20(10-15)5-7-24(8-6-20)19(26)17-11-21(17)3-4-21/h12-13,15,17H,3-11H2,1-2H3,(H,22,25). The van der Waals surface area contributed by atoms with Gasteiger partial charge >= 0.3 is 0 Å². The molecule has 2 amide bonds. The largest absolute Gasteiger partial charge is 0.356 e. The fraction of sp³-hybridized carbons (Fsp3) is 0.714. The molecule has 26 heavy (non-hydrogen) atoms. The summed E-state index contributed by atoms with van der Waals surface area (Å²) in [4.78, 5) is 27.2. The number of aryl methyl sites for hydroxylation is 2. The number of piperidine rings is 1. The van der Waals surface area contributed by atoms with Gasteiger partial charge in [0.25, 0.3) is 5.91 Å². The quantitative estimate of drug-likeness (QED) is 0.906. The monoisotopic (exact) mass is 355 g/mol. The molecule has 2 spiro atoms. The molecule has 1 atom stereocenters. The van der Waals surface area contributed by atoms with Crippen molar-refractivity contribution in [3.05, 3.63) is 23.5 Å². The Kier molecular flexibility index (Phi) is 3.38. The molecular weight excluding hydrogens is 326 g/mol. The van der Waals surface area contributed by atoms with E-state index >= 15 is 0 Å². The van der Waals surface area contributed by atoms with Gasteiger partial charge in [0.1, 0.15) is 0 Å². The second-order valence-corrected chi connectivity index (χ2v) is 9.54. The Morgan fingerprint density at radius 3 is 2.31 bits per heavy atom. The number of rotatable bonds is 3. The number of likely N-dealkylation sites (tertiary alicyclic amines) is 1. The summed E-state index contributed by atoms with van der Waals surface area (Å²) in [6, 6.07) is 0.294. The molecule has 140 valence electrons. The number of nitrogens with one attached hydrogen (secondary N) is 1. The molecule has 2 heterocycles. The van der Waals surface area contributed by atoms with Gasteiger partial charge < -0.3 is 14.8 Å². The van der Waals surface area contributed by atoms with Crippen molar-refractivity contribution in [2.45, 2.75) is 57.9 Å². The molecule has 0 aromatic carbocycles. The van der Waals surface area contributed by atoms with Crippen LogP contribution >= 0.6 is 0 Å². The van der Waals surface area contributed by atoms with Gasteiger partial charge in [-0.3, -0.25) is 9.59 Å². The highest BCUT2D eigenvalue weighted by Gasteiger charge is 2.66. The van der Waals surface area contributed by atoms with Gasteiger partial charge in [0.2, 0.25) is 5.91 Å². The number of carbonyl (C=O) groups is 2. The first-order chi connectivity index (χ1) is 12.4. The minimum Gasteiger partial charge on any atom is -0.356 e. The molecule has 1 unspecified atom stereocenters. The molecule has 5 heteroatoms. The molecule has 4 fully saturated rings. The summed E-state index contributed by atoms with van der Waals surface area (Å²) in [5, 5.41) is 3.21. The Labute approximate surface area is 155 Å². The van der Waals surface area contributed by atoms with Gasteiger partial charge in [-0.1, -0.05) is 0 Å². The van der Waals surface area contributed by atoms with Crippen LogP contribution in [-0.2, 0) is 11.8 Å². The van der Waals surface area contributed by atoms with Crippen molar-refractivity contribution in [1.29, 1.82) is 0 Å². The van der Waals surface area contributed by atoms with E-state index in [1.165, 1.54) is 12.8 Å². The van der Waals surface area contributed by atoms with Crippen LogP contribution in [0.5, 0.6) is 0 Å². The first kappa shape index (κ1) is 16.4. The van der Waals surface area contributed by atoms with E-state index in [-0.39, 0.29) is 5.91 Å². The zero-order valence-electron chi connectivity index (χ0n) is 15.9. The molecule has 1 aromatic heterocycles. The van der Waals surface area contributed by atoms with Crippen LogP contribution in [-0.4, -0.2) is 40.4 Å². The number of nitrogens with zero attached hydrogens (tertiary/aromatic N) is 2. The van der Waals surface area contributed by atoms with Crippen LogP contribution in [0.3, 0.4) is 0 Å². The van der Waals surface area contributed by atoms with E-state index in [1.807, 2.05) is 30.9 Å². The predicted molar refractivity (Wildman–Crippen MR) is 98.7 cm³/mol. The first-order valence-corrected chi connectivity index (χ1v) is 10.1. The highest BCUT2D eigenvalue weighted by Crippen LogP contribution is 2.71. The van der Waals surface area contributed by atoms with E-state index < -0.39 is 0 Å². The van der Waals surface area contributed by atoms with Crippen LogP contribution in [0.1, 0.15) is 60.9 Å². The molecule has 0 radical (unpaired) electrons. The average Bonchev–Trinajstić information content (AvgIpc) is 3.48. The highest BCUT2D eigenvalue weighted by molar-refractivity contribution is 5.95. The van der Waals surface area contributed by atoms with Crippen molar-refractivity contribution in [2.75, 3.05) is 13.1 Å². The minimum absolute atomic E-state index is 0.0547. The van der Waals surface area contributed by atoms with Crippen LogP contribution in [0.4, 0.5) is 0 Å². The summed E-state index contributed by atoms with van der Waals surface area (Å²) in [5.41, 5.74) is 2.64. The lowest BCUT2D eigenvalue weighted by atomic mass is 9.60. The second kappa shape index (κ2) is 5.37. The van der Waals surface area contributed by atoms with Gasteiger partial charge in [-0.25, -0.2) is 0 Å². The molecule has 5 nitrogen and oxygen atoms in total. The summed E-state index contributed by atoms with van der Waals surface area (Å²) >= 11 is 0. The lowest BCUT2D eigenvalue weighted by Crippen LogP contribution is -2.55. The third-order valence-corrected chi connectivity index (χ3v) is 7.61. The maximum atomic E-state index is 12.6. The highest BCUT2D eigenvalue weighted by atomic mass is 16.2. The van der Waals surface area contributed by atoms with Crippen LogP contribution < -0.4 is 5.32 Å². The van der Waals surface area contributed by atoms with E-state index in [4.69, 9.17) is 0 Å². The zero-order chi connectivity index (χ0) is 18.1. The summed E-state index contributed by atoms with van der Waals surface area (Å²) in [6.07, 6.45) is 11.9. The molecule has 1 N–H and O–H groups in total. The third kappa shape index (κ3) is 2.58. The topological polar surface area (TPSA) is 54.3 Å². The molecule has 1 saturated heterocycles. The third-order valence-electron chi connectivity index (χ3n) is 7.61. The van der Waals surface area contributed by atoms with Crippen LogP contribution in [0.25, 0.3) is 0 Å². The fourth-order valence-electron chi connectivity index (χ4n) is 5.55. The Balaban J connectivity index is 1.11. The Morgan fingerprint density at radius 2 is 1.77 bits per heavy atom. The maximum absolute atomic E-state index is 12.6. The molecule has 3 aliphatic carbocycles. The second-order valence-electron chi connectivity index (χ2n) is 9.54. The summed E-state index contributed by atoms with van der Waals surface area (Å²) in [7, 11) is 1.95. The fourth-order valence-corrected chi connectivity index (χ4v) is 5.55. The van der Waals surface area contributed by atoms with E-state index in [0.29, 0.717) is 28.7 Å². The van der Waals surface area contributed by atoms with Crippen molar-refractivity contribution in [3.63, 3.8) is 0 Å². The van der Waals surface area contributed by atoms with Crippen LogP contribution in [0.2, 0.25) is 0 Å². The van der Waals surface area contributed by atoms with E-state index in [1.54, 1.807) is 0 Å². The lowest BCUT2D eigenvalue weighted by molar-refractivity contribution is -0.136. The summed E-state index contributed by atoms with van der Waals surface area (Å²) in [5.74, 6) is 0.846. The van der Waals surface area contributed by atoms with Crippen LogP contribution in [0, 0.1) is 23.7 Å².